The number of ketones is 1. The average Bonchev–Trinajstić information content (AvgIpc) is 2.83. The highest BCUT2D eigenvalue weighted by Crippen LogP contribution is 2.40. The van der Waals surface area contributed by atoms with Gasteiger partial charge in [-0.2, -0.15) is 13.2 Å². The van der Waals surface area contributed by atoms with E-state index in [4.69, 9.17) is 0 Å². The highest BCUT2D eigenvalue weighted by molar-refractivity contribution is 8.00. The van der Waals surface area contributed by atoms with Gasteiger partial charge in [0.25, 0.3) is 0 Å². The Morgan fingerprint density at radius 3 is 2.19 bits per heavy atom. The number of pyridine rings is 1. The molecule has 0 aliphatic heterocycles. The number of aliphatic hydroxyl groups is 1. The summed E-state index contributed by atoms with van der Waals surface area (Å²) in [6, 6.07) is 7.20. The van der Waals surface area contributed by atoms with E-state index in [1.54, 1.807) is 6.07 Å². The Labute approximate surface area is 221 Å². The SMILES string of the molecule is CC.CCc1cc(C)cc(CC)c1C1=C(O)CC(C(C)CSc2ccc(SC(F)(F)F)cn2)CC1=O. The van der Waals surface area contributed by atoms with E-state index in [0.29, 0.717) is 29.2 Å². The predicted molar refractivity (Wildman–Crippen MR) is 145 cm³/mol. The molecule has 0 spiro atoms. The molecule has 0 fully saturated rings. The average molecular weight is 540 g/mol. The van der Waals surface area contributed by atoms with Gasteiger partial charge in [-0.15, -0.1) is 11.8 Å². The predicted octanol–water partition coefficient (Wildman–Crippen LogP) is 8.83. The molecule has 8 heteroatoms. The van der Waals surface area contributed by atoms with Crippen molar-refractivity contribution in [1.29, 1.82) is 0 Å². The molecule has 2 aromatic rings. The maximum atomic E-state index is 13.2. The Hall–Kier alpha value is -1.93. The van der Waals surface area contributed by atoms with Crippen LogP contribution in [0.3, 0.4) is 0 Å². The normalized spacial score (nSPS) is 17.0. The molecule has 0 bridgehead atoms. The third kappa shape index (κ3) is 8.04. The summed E-state index contributed by atoms with van der Waals surface area (Å²) in [7, 11) is 0. The number of alkyl halides is 3. The summed E-state index contributed by atoms with van der Waals surface area (Å²) < 4.78 is 37.4. The number of carbonyl (C=O) groups is 1. The van der Waals surface area contributed by atoms with Crippen LogP contribution in [-0.2, 0) is 17.6 Å². The Bertz CT molecular complexity index is 1040. The van der Waals surface area contributed by atoms with Crippen molar-refractivity contribution in [2.24, 2.45) is 11.8 Å². The lowest BCUT2D eigenvalue weighted by atomic mass is 9.76. The minimum Gasteiger partial charge on any atom is -0.512 e. The standard InChI is InChI=1S/C26H30F3NO2S2.C2H6/c1-5-17-9-15(3)10-18(6-2)24(17)25-21(31)11-19(12-22(25)32)16(4)14-33-23-8-7-20(13-30-23)34-26(27,28)29;1-2/h7-10,13,16,19,31H,5-6,11-12,14H2,1-4H3;1-2H3. The number of benzene rings is 1. The summed E-state index contributed by atoms with van der Waals surface area (Å²) in [5, 5.41) is 11.6. The molecule has 3 rings (SSSR count). The molecule has 2 atom stereocenters. The van der Waals surface area contributed by atoms with E-state index in [1.807, 2.05) is 27.7 Å². The lowest BCUT2D eigenvalue weighted by Crippen LogP contribution is -2.25. The first-order valence-corrected chi connectivity index (χ1v) is 14.2. The van der Waals surface area contributed by atoms with Crippen LogP contribution in [0.2, 0.25) is 0 Å². The summed E-state index contributed by atoms with van der Waals surface area (Å²) >= 11 is 1.27. The van der Waals surface area contributed by atoms with Crippen LogP contribution in [0, 0.1) is 18.8 Å². The fourth-order valence-electron chi connectivity index (χ4n) is 4.43. The summed E-state index contributed by atoms with van der Waals surface area (Å²) in [5.74, 6) is 0.926. The van der Waals surface area contributed by atoms with Crippen LogP contribution >= 0.6 is 23.5 Å². The van der Waals surface area contributed by atoms with Crippen molar-refractivity contribution < 1.29 is 23.1 Å². The van der Waals surface area contributed by atoms with E-state index in [1.165, 1.54) is 24.0 Å². The lowest BCUT2D eigenvalue weighted by Gasteiger charge is -2.29. The van der Waals surface area contributed by atoms with E-state index < -0.39 is 5.51 Å². The molecule has 0 saturated heterocycles. The molecule has 3 nitrogen and oxygen atoms in total. The number of Topliss-reactive ketones (excluding diaryl/α,β-unsaturated/α-hetero) is 1. The number of thioether (sulfide) groups is 2. The van der Waals surface area contributed by atoms with Crippen molar-refractivity contribution in [2.45, 2.75) is 82.7 Å². The molecule has 0 saturated carbocycles. The molecule has 0 amide bonds. The van der Waals surface area contributed by atoms with E-state index in [9.17, 15) is 23.1 Å². The largest absolute Gasteiger partial charge is 0.512 e. The van der Waals surface area contributed by atoms with E-state index in [0.717, 1.165) is 35.1 Å². The number of hydrogen-bond acceptors (Lipinski definition) is 5. The molecule has 1 heterocycles. The molecule has 1 aromatic heterocycles. The molecule has 1 aromatic carbocycles. The second-order valence-corrected chi connectivity index (χ2v) is 10.9. The number of carbonyl (C=O) groups excluding carboxylic acids is 1. The number of allylic oxidation sites excluding steroid dienone is 2. The second-order valence-electron chi connectivity index (χ2n) is 8.75. The Morgan fingerprint density at radius 2 is 1.72 bits per heavy atom. The van der Waals surface area contributed by atoms with Crippen LogP contribution in [0.25, 0.3) is 5.57 Å². The van der Waals surface area contributed by atoms with Gasteiger partial charge in [-0.05, 0) is 72.2 Å². The van der Waals surface area contributed by atoms with Crippen molar-refractivity contribution in [3.8, 4) is 0 Å². The summed E-state index contributed by atoms with van der Waals surface area (Å²) in [6.45, 7) is 12.2. The van der Waals surface area contributed by atoms with Gasteiger partial charge in [0.15, 0.2) is 5.78 Å². The van der Waals surface area contributed by atoms with Gasteiger partial charge in [0.1, 0.15) is 5.76 Å². The van der Waals surface area contributed by atoms with Gasteiger partial charge in [0, 0.05) is 29.7 Å². The first kappa shape index (κ1) is 30.3. The second kappa shape index (κ2) is 13.6. The fourth-order valence-corrected chi connectivity index (χ4v) is 5.94. The van der Waals surface area contributed by atoms with Crippen LogP contribution < -0.4 is 0 Å². The number of halogens is 3. The van der Waals surface area contributed by atoms with Gasteiger partial charge in [-0.25, -0.2) is 4.98 Å². The number of nitrogens with zero attached hydrogens (tertiary/aromatic N) is 1. The van der Waals surface area contributed by atoms with Gasteiger partial charge in [-0.3, -0.25) is 4.79 Å². The zero-order chi connectivity index (χ0) is 27.0. The zero-order valence-corrected chi connectivity index (χ0v) is 23.5. The molecular formula is C28H36F3NO2S2. The van der Waals surface area contributed by atoms with Crippen molar-refractivity contribution in [3.63, 3.8) is 0 Å². The number of aromatic nitrogens is 1. The van der Waals surface area contributed by atoms with E-state index >= 15 is 0 Å². The van der Waals surface area contributed by atoms with Gasteiger partial charge >= 0.3 is 5.51 Å². The smallest absolute Gasteiger partial charge is 0.446 e. The van der Waals surface area contributed by atoms with E-state index in [-0.39, 0.29) is 40.0 Å². The summed E-state index contributed by atoms with van der Waals surface area (Å²) in [6.07, 6.45) is 3.62. The van der Waals surface area contributed by atoms with Gasteiger partial charge < -0.3 is 5.11 Å². The zero-order valence-electron chi connectivity index (χ0n) is 21.8. The van der Waals surface area contributed by atoms with Crippen LogP contribution in [0.15, 0.2) is 46.1 Å². The Morgan fingerprint density at radius 1 is 1.11 bits per heavy atom. The van der Waals surface area contributed by atoms with Gasteiger partial charge in [0.2, 0.25) is 0 Å². The van der Waals surface area contributed by atoms with Gasteiger partial charge in [-0.1, -0.05) is 52.3 Å². The molecule has 2 unspecified atom stereocenters. The van der Waals surface area contributed by atoms with Gasteiger partial charge in [0.05, 0.1) is 10.6 Å². The summed E-state index contributed by atoms with van der Waals surface area (Å²) in [4.78, 5) is 17.4. The minimum absolute atomic E-state index is 0.00408. The topological polar surface area (TPSA) is 50.2 Å². The third-order valence-corrected chi connectivity index (χ3v) is 8.11. The van der Waals surface area contributed by atoms with Crippen molar-refractivity contribution in [1.82, 2.24) is 4.98 Å². The monoisotopic (exact) mass is 539 g/mol. The molecule has 1 aliphatic rings. The molecule has 198 valence electrons. The molecule has 0 radical (unpaired) electrons. The van der Waals surface area contributed by atoms with Crippen molar-refractivity contribution in [2.75, 3.05) is 5.75 Å². The lowest BCUT2D eigenvalue weighted by molar-refractivity contribution is -0.115. The van der Waals surface area contributed by atoms with Crippen LogP contribution in [0.1, 0.15) is 69.7 Å². The maximum absolute atomic E-state index is 13.2. The van der Waals surface area contributed by atoms with Crippen molar-refractivity contribution in [3.05, 3.63) is 58.5 Å². The molecule has 1 N–H and O–H groups in total. The molecule has 1 aliphatic carbocycles. The number of aryl methyl sites for hydroxylation is 3. The first-order chi connectivity index (χ1) is 17.0. The maximum Gasteiger partial charge on any atom is 0.446 e. The van der Waals surface area contributed by atoms with Crippen LogP contribution in [0.5, 0.6) is 0 Å². The Kier molecular flexibility index (Phi) is 11.4. The minimum atomic E-state index is -4.33. The highest BCUT2D eigenvalue weighted by atomic mass is 32.2. The first-order valence-electron chi connectivity index (χ1n) is 12.4. The highest BCUT2D eigenvalue weighted by Gasteiger charge is 2.33. The fraction of sp³-hybridized carbons (Fsp3) is 0.500. The number of rotatable bonds is 8. The molecular weight excluding hydrogens is 503 g/mol. The van der Waals surface area contributed by atoms with Crippen LogP contribution in [-0.4, -0.2) is 27.1 Å². The third-order valence-electron chi connectivity index (χ3n) is 6.17. The van der Waals surface area contributed by atoms with E-state index in [2.05, 4.69) is 31.0 Å². The van der Waals surface area contributed by atoms with Crippen molar-refractivity contribution >= 4 is 34.9 Å². The number of aliphatic hydroxyl groups excluding tert-OH is 1. The molecule has 36 heavy (non-hydrogen) atoms. The quantitative estimate of drug-likeness (QED) is 0.340. The van der Waals surface area contributed by atoms with Crippen LogP contribution in [0.4, 0.5) is 13.2 Å². The summed E-state index contributed by atoms with van der Waals surface area (Å²) in [5.41, 5.74) is 0.381. The Balaban J connectivity index is 0.00000222. The number of hydrogen-bond donors (Lipinski definition) is 1.